The first-order chi connectivity index (χ1) is 12.6. The predicted octanol–water partition coefficient (Wildman–Crippen LogP) is 2.35. The second kappa shape index (κ2) is 11.5. The number of aromatic nitrogens is 1. The number of thiazole rings is 1. The molecule has 7 heteroatoms. The number of hydrogen-bond donors (Lipinski definition) is 2. The van der Waals surface area contributed by atoms with Gasteiger partial charge in [0.2, 0.25) is 0 Å². The minimum atomic E-state index is 0.488. The molecule has 2 rings (SSSR count). The van der Waals surface area contributed by atoms with Gasteiger partial charge in [0.15, 0.2) is 5.96 Å². The van der Waals surface area contributed by atoms with Gasteiger partial charge in [0.25, 0.3) is 0 Å². The van der Waals surface area contributed by atoms with E-state index in [1.807, 2.05) is 7.05 Å². The molecular formula is C19H36N6S. The van der Waals surface area contributed by atoms with Crippen molar-refractivity contribution >= 4 is 17.3 Å². The van der Waals surface area contributed by atoms with Gasteiger partial charge in [-0.15, -0.1) is 11.3 Å². The van der Waals surface area contributed by atoms with Crippen LogP contribution in [0.5, 0.6) is 0 Å². The van der Waals surface area contributed by atoms with E-state index in [1.54, 1.807) is 11.3 Å². The fourth-order valence-corrected chi connectivity index (χ4v) is 3.94. The number of guanidine groups is 1. The molecule has 0 aromatic carbocycles. The highest BCUT2D eigenvalue weighted by atomic mass is 32.1. The molecule has 1 aliphatic heterocycles. The van der Waals surface area contributed by atoms with E-state index in [9.17, 15) is 0 Å². The summed E-state index contributed by atoms with van der Waals surface area (Å²) in [5.74, 6) is 1.35. The van der Waals surface area contributed by atoms with Gasteiger partial charge in [-0.25, -0.2) is 4.98 Å². The molecule has 0 unspecified atom stereocenters. The van der Waals surface area contributed by atoms with Crippen molar-refractivity contribution in [3.05, 3.63) is 16.1 Å². The Balaban J connectivity index is 1.56. The Morgan fingerprint density at radius 3 is 2.54 bits per heavy atom. The van der Waals surface area contributed by atoms with Gasteiger partial charge in [-0.05, 0) is 31.8 Å². The summed E-state index contributed by atoms with van der Waals surface area (Å²) < 4.78 is 0. The molecule has 0 spiro atoms. The van der Waals surface area contributed by atoms with Crippen molar-refractivity contribution in [1.82, 2.24) is 25.4 Å². The average molecular weight is 381 g/mol. The molecule has 0 radical (unpaired) electrons. The zero-order chi connectivity index (χ0) is 18.8. The van der Waals surface area contributed by atoms with E-state index in [2.05, 4.69) is 56.6 Å². The number of rotatable bonds is 9. The molecule has 0 saturated carbocycles. The fourth-order valence-electron chi connectivity index (χ4n) is 3.05. The van der Waals surface area contributed by atoms with Crippen LogP contribution in [0.1, 0.15) is 50.2 Å². The number of likely N-dealkylation sites (N-methyl/N-ethyl adjacent to an activating group) is 1. The van der Waals surface area contributed by atoms with Gasteiger partial charge in [-0.2, -0.15) is 0 Å². The predicted molar refractivity (Wildman–Crippen MR) is 112 cm³/mol. The number of nitrogens with one attached hydrogen (secondary N) is 2. The third-order valence-corrected chi connectivity index (χ3v) is 5.76. The highest BCUT2D eigenvalue weighted by molar-refractivity contribution is 7.09. The van der Waals surface area contributed by atoms with Gasteiger partial charge in [-0.3, -0.25) is 4.99 Å². The van der Waals surface area contributed by atoms with Gasteiger partial charge in [0.05, 0.1) is 12.2 Å². The van der Waals surface area contributed by atoms with E-state index < -0.39 is 0 Å². The molecule has 0 aliphatic carbocycles. The number of hydrogen-bond acceptors (Lipinski definition) is 5. The molecule has 0 amide bonds. The first-order valence-corrected chi connectivity index (χ1v) is 10.8. The summed E-state index contributed by atoms with van der Waals surface area (Å²) in [5.41, 5.74) is 1.18. The minimum Gasteiger partial charge on any atom is -0.356 e. The zero-order valence-electron chi connectivity index (χ0n) is 16.9. The van der Waals surface area contributed by atoms with Crippen LogP contribution in [0.3, 0.4) is 0 Å². The third-order valence-electron chi connectivity index (χ3n) is 4.90. The Bertz CT molecular complexity index is 534. The van der Waals surface area contributed by atoms with Gasteiger partial charge in [-0.1, -0.05) is 20.8 Å². The summed E-state index contributed by atoms with van der Waals surface area (Å²) >= 11 is 1.71. The van der Waals surface area contributed by atoms with Crippen LogP contribution in [0, 0.1) is 0 Å². The molecule has 1 aromatic heterocycles. The van der Waals surface area contributed by atoms with Gasteiger partial charge < -0.3 is 20.4 Å². The molecule has 2 N–H and O–H groups in total. The maximum Gasteiger partial charge on any atom is 0.191 e. The summed E-state index contributed by atoms with van der Waals surface area (Å²) in [6.45, 7) is 15.6. The molecular weight excluding hydrogens is 344 g/mol. The van der Waals surface area contributed by atoms with E-state index in [0.29, 0.717) is 5.92 Å². The molecule has 1 saturated heterocycles. The Morgan fingerprint density at radius 1 is 1.19 bits per heavy atom. The van der Waals surface area contributed by atoms with Crippen LogP contribution in [-0.4, -0.2) is 73.6 Å². The molecule has 6 nitrogen and oxygen atoms in total. The SMILES string of the molecule is CCN1CCN(CCCCNC(=NC)NCc2nc(C(C)C)cs2)CC1. The van der Waals surface area contributed by atoms with Crippen LogP contribution in [0.25, 0.3) is 0 Å². The Morgan fingerprint density at radius 2 is 1.92 bits per heavy atom. The first kappa shape index (κ1) is 21.1. The number of piperazine rings is 1. The Labute approximate surface area is 163 Å². The van der Waals surface area contributed by atoms with Crippen molar-refractivity contribution in [3.63, 3.8) is 0 Å². The summed E-state index contributed by atoms with van der Waals surface area (Å²) in [4.78, 5) is 14.1. The Hall–Kier alpha value is -1.18. The number of aliphatic imine (C=N–C) groups is 1. The highest BCUT2D eigenvalue weighted by Crippen LogP contribution is 2.17. The van der Waals surface area contributed by atoms with Crippen LogP contribution in [0.15, 0.2) is 10.4 Å². The van der Waals surface area contributed by atoms with Gasteiger partial charge in [0, 0.05) is 45.2 Å². The zero-order valence-corrected chi connectivity index (χ0v) is 17.7. The van der Waals surface area contributed by atoms with Gasteiger partial charge in [0.1, 0.15) is 5.01 Å². The largest absolute Gasteiger partial charge is 0.356 e. The van der Waals surface area contributed by atoms with Crippen molar-refractivity contribution in [1.29, 1.82) is 0 Å². The minimum absolute atomic E-state index is 0.488. The van der Waals surface area contributed by atoms with E-state index in [4.69, 9.17) is 0 Å². The second-order valence-corrected chi connectivity index (χ2v) is 8.10. The number of nitrogens with zero attached hydrogens (tertiary/aromatic N) is 4. The van der Waals surface area contributed by atoms with Crippen LogP contribution in [0.2, 0.25) is 0 Å². The molecule has 1 fully saturated rings. The lowest BCUT2D eigenvalue weighted by molar-refractivity contribution is 0.136. The Kier molecular flexibility index (Phi) is 9.36. The molecule has 0 bridgehead atoms. The fraction of sp³-hybridized carbons (Fsp3) is 0.789. The normalized spacial score (nSPS) is 17.0. The van der Waals surface area contributed by atoms with E-state index in [-0.39, 0.29) is 0 Å². The molecule has 148 valence electrons. The maximum atomic E-state index is 4.65. The lowest BCUT2D eigenvalue weighted by Gasteiger charge is -2.34. The topological polar surface area (TPSA) is 55.8 Å². The summed E-state index contributed by atoms with van der Waals surface area (Å²) in [6.07, 6.45) is 2.41. The van der Waals surface area contributed by atoms with Crippen LogP contribution in [-0.2, 0) is 6.54 Å². The average Bonchev–Trinajstić information content (AvgIpc) is 3.14. The molecule has 26 heavy (non-hydrogen) atoms. The van der Waals surface area contributed by atoms with Crippen LogP contribution >= 0.6 is 11.3 Å². The van der Waals surface area contributed by atoms with Crippen LogP contribution < -0.4 is 10.6 Å². The van der Waals surface area contributed by atoms with Gasteiger partial charge >= 0.3 is 0 Å². The van der Waals surface area contributed by atoms with Crippen molar-refractivity contribution in [2.45, 2.75) is 46.1 Å². The van der Waals surface area contributed by atoms with E-state index in [0.717, 1.165) is 24.1 Å². The van der Waals surface area contributed by atoms with Crippen molar-refractivity contribution in [2.75, 3.05) is 52.9 Å². The standard InChI is InChI=1S/C19H36N6S/c1-5-24-10-12-25(13-11-24)9-7-6-8-21-19(20-4)22-14-18-23-17(15-26-18)16(2)3/h15-16H,5-14H2,1-4H3,(H2,20,21,22). The monoisotopic (exact) mass is 380 g/mol. The summed E-state index contributed by atoms with van der Waals surface area (Å²) in [6, 6.07) is 0. The highest BCUT2D eigenvalue weighted by Gasteiger charge is 2.14. The lowest BCUT2D eigenvalue weighted by atomic mass is 10.2. The quantitative estimate of drug-likeness (QED) is 0.391. The van der Waals surface area contributed by atoms with Crippen LogP contribution in [0.4, 0.5) is 0 Å². The first-order valence-electron chi connectivity index (χ1n) is 9.96. The molecule has 0 atom stereocenters. The molecule has 1 aromatic rings. The number of unbranched alkanes of at least 4 members (excludes halogenated alkanes) is 1. The summed E-state index contributed by atoms with van der Waals surface area (Å²) in [5, 5.41) is 10.0. The third kappa shape index (κ3) is 7.21. The lowest BCUT2D eigenvalue weighted by Crippen LogP contribution is -2.46. The van der Waals surface area contributed by atoms with Crippen molar-refractivity contribution in [3.8, 4) is 0 Å². The van der Waals surface area contributed by atoms with Crippen molar-refractivity contribution in [2.24, 2.45) is 4.99 Å². The van der Waals surface area contributed by atoms with E-state index in [1.165, 1.54) is 57.8 Å². The molecule has 2 heterocycles. The summed E-state index contributed by atoms with van der Waals surface area (Å²) in [7, 11) is 1.82. The smallest absolute Gasteiger partial charge is 0.191 e. The van der Waals surface area contributed by atoms with E-state index >= 15 is 0 Å². The maximum absolute atomic E-state index is 4.65. The molecule has 1 aliphatic rings. The second-order valence-electron chi connectivity index (χ2n) is 7.16. The van der Waals surface area contributed by atoms with Crippen molar-refractivity contribution < 1.29 is 0 Å².